The van der Waals surface area contributed by atoms with Gasteiger partial charge >= 0.3 is 0 Å². The van der Waals surface area contributed by atoms with E-state index < -0.39 is 0 Å². The molecule has 3 heteroatoms. The molecule has 2 saturated heterocycles. The molecule has 19 heavy (non-hydrogen) atoms. The first kappa shape index (κ1) is 12.2. The van der Waals surface area contributed by atoms with Crippen molar-refractivity contribution in [3.63, 3.8) is 0 Å². The first-order chi connectivity index (χ1) is 9.22. The summed E-state index contributed by atoms with van der Waals surface area (Å²) in [5.74, 6) is 0.752. The van der Waals surface area contributed by atoms with Crippen LogP contribution in [0.25, 0.3) is 10.1 Å². The SMILES string of the molecule is CN1C2CCC1CC(c1cc3c(Cl)cccc3s1)C2. The molecule has 2 aliphatic rings. The van der Waals surface area contributed by atoms with E-state index in [0.717, 1.165) is 23.0 Å². The fraction of sp³-hybridized carbons (Fsp3) is 0.500. The summed E-state index contributed by atoms with van der Waals surface area (Å²) >= 11 is 8.25. The molecule has 1 aromatic heterocycles. The van der Waals surface area contributed by atoms with Crippen LogP contribution < -0.4 is 0 Å². The van der Waals surface area contributed by atoms with Crippen LogP contribution in [0.15, 0.2) is 24.3 Å². The minimum atomic E-state index is 0.752. The Bertz CT molecular complexity index is 606. The van der Waals surface area contributed by atoms with Crippen LogP contribution in [0.5, 0.6) is 0 Å². The molecule has 2 aromatic rings. The second-order valence-electron chi connectivity index (χ2n) is 6.02. The lowest BCUT2D eigenvalue weighted by atomic mass is 9.90. The van der Waals surface area contributed by atoms with Gasteiger partial charge in [0.15, 0.2) is 0 Å². The van der Waals surface area contributed by atoms with Gasteiger partial charge in [-0.1, -0.05) is 17.7 Å². The molecule has 0 amide bonds. The molecule has 100 valence electrons. The van der Waals surface area contributed by atoms with E-state index in [1.54, 1.807) is 4.88 Å². The van der Waals surface area contributed by atoms with Crippen LogP contribution in [0, 0.1) is 0 Å². The Labute approximate surface area is 123 Å². The number of nitrogens with zero attached hydrogens (tertiary/aromatic N) is 1. The van der Waals surface area contributed by atoms with E-state index in [9.17, 15) is 0 Å². The van der Waals surface area contributed by atoms with E-state index in [-0.39, 0.29) is 0 Å². The molecule has 0 radical (unpaired) electrons. The van der Waals surface area contributed by atoms with Crippen molar-refractivity contribution in [1.29, 1.82) is 0 Å². The molecular formula is C16H18ClNS. The third kappa shape index (κ3) is 1.93. The van der Waals surface area contributed by atoms with Crippen molar-refractivity contribution in [3.8, 4) is 0 Å². The molecule has 2 bridgehead atoms. The Morgan fingerprint density at radius 2 is 1.95 bits per heavy atom. The summed E-state index contributed by atoms with van der Waals surface area (Å²) in [6.45, 7) is 0. The average molecular weight is 292 g/mol. The third-order valence-electron chi connectivity index (χ3n) is 5.03. The highest BCUT2D eigenvalue weighted by Crippen LogP contribution is 2.45. The zero-order valence-electron chi connectivity index (χ0n) is 11.1. The van der Waals surface area contributed by atoms with Gasteiger partial charge in [0.05, 0.1) is 0 Å². The van der Waals surface area contributed by atoms with Gasteiger partial charge < -0.3 is 4.90 Å². The first-order valence-electron chi connectivity index (χ1n) is 7.12. The van der Waals surface area contributed by atoms with E-state index in [4.69, 9.17) is 11.6 Å². The van der Waals surface area contributed by atoms with E-state index in [0.29, 0.717) is 0 Å². The number of halogens is 1. The van der Waals surface area contributed by atoms with Gasteiger partial charge in [-0.3, -0.25) is 0 Å². The van der Waals surface area contributed by atoms with Gasteiger partial charge in [0.2, 0.25) is 0 Å². The lowest BCUT2D eigenvalue weighted by Gasteiger charge is -2.35. The Kier molecular flexibility index (Phi) is 2.87. The predicted molar refractivity (Wildman–Crippen MR) is 83.4 cm³/mol. The van der Waals surface area contributed by atoms with Crippen LogP contribution >= 0.6 is 22.9 Å². The Morgan fingerprint density at radius 3 is 2.63 bits per heavy atom. The summed E-state index contributed by atoms with van der Waals surface area (Å²) in [4.78, 5) is 4.16. The summed E-state index contributed by atoms with van der Waals surface area (Å²) in [6, 6.07) is 10.2. The van der Waals surface area contributed by atoms with Crippen LogP contribution in [-0.2, 0) is 0 Å². The second-order valence-corrected chi connectivity index (χ2v) is 7.54. The quantitative estimate of drug-likeness (QED) is 0.723. The highest BCUT2D eigenvalue weighted by molar-refractivity contribution is 7.19. The first-order valence-corrected chi connectivity index (χ1v) is 8.31. The maximum absolute atomic E-state index is 6.30. The van der Waals surface area contributed by atoms with Crippen molar-refractivity contribution < 1.29 is 0 Å². The van der Waals surface area contributed by atoms with E-state index in [2.05, 4.69) is 30.1 Å². The summed E-state index contributed by atoms with van der Waals surface area (Å²) in [7, 11) is 2.31. The maximum atomic E-state index is 6.30. The predicted octanol–water partition coefficient (Wildman–Crippen LogP) is 4.89. The minimum Gasteiger partial charge on any atom is -0.300 e. The van der Waals surface area contributed by atoms with Crippen LogP contribution in [0.4, 0.5) is 0 Å². The number of piperidine rings is 1. The van der Waals surface area contributed by atoms with Gasteiger partial charge in [0, 0.05) is 32.1 Å². The molecule has 3 heterocycles. The minimum absolute atomic E-state index is 0.752. The van der Waals surface area contributed by atoms with Crippen molar-refractivity contribution in [2.45, 2.75) is 43.7 Å². The van der Waals surface area contributed by atoms with Crippen molar-refractivity contribution >= 4 is 33.0 Å². The number of benzene rings is 1. The lowest BCUT2D eigenvalue weighted by Crippen LogP contribution is -2.38. The molecule has 2 fully saturated rings. The summed E-state index contributed by atoms with van der Waals surface area (Å²) in [5.41, 5.74) is 0. The highest BCUT2D eigenvalue weighted by Gasteiger charge is 2.39. The number of hydrogen-bond acceptors (Lipinski definition) is 2. The van der Waals surface area contributed by atoms with E-state index >= 15 is 0 Å². The van der Waals surface area contributed by atoms with Crippen molar-refractivity contribution in [1.82, 2.24) is 4.90 Å². The van der Waals surface area contributed by atoms with Crippen LogP contribution in [0.1, 0.15) is 36.5 Å². The third-order valence-corrected chi connectivity index (χ3v) is 6.62. The fourth-order valence-electron chi connectivity index (χ4n) is 3.89. The van der Waals surface area contributed by atoms with Crippen LogP contribution in [0.2, 0.25) is 5.02 Å². The molecular weight excluding hydrogens is 274 g/mol. The maximum Gasteiger partial charge on any atom is 0.0492 e. The molecule has 0 saturated carbocycles. The zero-order valence-corrected chi connectivity index (χ0v) is 12.7. The second kappa shape index (κ2) is 4.47. The molecule has 0 spiro atoms. The van der Waals surface area contributed by atoms with Crippen molar-refractivity contribution in [3.05, 3.63) is 34.2 Å². The summed E-state index contributed by atoms with van der Waals surface area (Å²) in [5, 5.41) is 2.14. The molecule has 2 unspecified atom stereocenters. The summed E-state index contributed by atoms with van der Waals surface area (Å²) in [6.07, 6.45) is 5.45. The van der Waals surface area contributed by atoms with E-state index in [1.807, 2.05) is 17.4 Å². The molecule has 0 N–H and O–H groups in total. The van der Waals surface area contributed by atoms with E-state index in [1.165, 1.54) is 35.8 Å². The monoisotopic (exact) mass is 291 g/mol. The topological polar surface area (TPSA) is 3.24 Å². The number of rotatable bonds is 1. The van der Waals surface area contributed by atoms with Crippen molar-refractivity contribution in [2.24, 2.45) is 0 Å². The lowest BCUT2D eigenvalue weighted by molar-refractivity contribution is 0.163. The fourth-order valence-corrected chi connectivity index (χ4v) is 5.39. The highest BCUT2D eigenvalue weighted by atomic mass is 35.5. The van der Waals surface area contributed by atoms with Gasteiger partial charge in [-0.05, 0) is 56.8 Å². The number of fused-ring (bicyclic) bond motifs is 3. The van der Waals surface area contributed by atoms with Crippen LogP contribution in [-0.4, -0.2) is 24.0 Å². The smallest absolute Gasteiger partial charge is 0.0492 e. The summed E-state index contributed by atoms with van der Waals surface area (Å²) < 4.78 is 1.34. The molecule has 1 aromatic carbocycles. The Morgan fingerprint density at radius 1 is 1.21 bits per heavy atom. The average Bonchev–Trinajstić information content (AvgIpc) is 2.89. The number of thiophene rings is 1. The van der Waals surface area contributed by atoms with Gasteiger partial charge in [0.1, 0.15) is 0 Å². The van der Waals surface area contributed by atoms with Gasteiger partial charge in [-0.2, -0.15) is 0 Å². The van der Waals surface area contributed by atoms with Gasteiger partial charge in [-0.15, -0.1) is 11.3 Å². The van der Waals surface area contributed by atoms with Gasteiger partial charge in [0.25, 0.3) is 0 Å². The van der Waals surface area contributed by atoms with Crippen LogP contribution in [0.3, 0.4) is 0 Å². The zero-order chi connectivity index (χ0) is 13.0. The molecule has 1 nitrogen and oxygen atoms in total. The molecule has 2 aliphatic heterocycles. The standard InChI is InChI=1S/C16H18ClNS/c1-18-11-5-6-12(18)8-10(7-11)16-9-13-14(17)3-2-4-15(13)19-16/h2-4,9-12H,5-8H2,1H3. The van der Waals surface area contributed by atoms with Gasteiger partial charge in [-0.25, -0.2) is 0 Å². The largest absolute Gasteiger partial charge is 0.300 e. The Balaban J connectivity index is 1.70. The van der Waals surface area contributed by atoms with Crippen molar-refractivity contribution in [2.75, 3.05) is 7.05 Å². The normalized spacial score (nSPS) is 31.2. The molecule has 4 rings (SSSR count). The molecule has 0 aliphatic carbocycles. The Hall–Kier alpha value is -0.570. The number of hydrogen-bond donors (Lipinski definition) is 0. The molecule has 2 atom stereocenters.